The standard InChI is InChI=1S/C14H18N2OS/c1-10-4-6-12(7-5-10)17-9-14-16-11(2)13(18-14)8-15-3/h4-7,15H,8-9H2,1-3H3. The molecule has 0 atom stereocenters. The number of hydrogen-bond acceptors (Lipinski definition) is 4. The minimum atomic E-state index is 0.540. The molecule has 1 aromatic carbocycles. The Morgan fingerprint density at radius 2 is 1.94 bits per heavy atom. The van der Waals surface area contributed by atoms with Crippen molar-refractivity contribution in [1.29, 1.82) is 0 Å². The predicted molar refractivity (Wildman–Crippen MR) is 75.1 cm³/mol. The molecule has 4 heteroatoms. The van der Waals surface area contributed by atoms with Crippen LogP contribution < -0.4 is 10.1 Å². The molecule has 0 amide bonds. The summed E-state index contributed by atoms with van der Waals surface area (Å²) in [5.41, 5.74) is 2.33. The van der Waals surface area contributed by atoms with Crippen LogP contribution in [0.3, 0.4) is 0 Å². The zero-order chi connectivity index (χ0) is 13.0. The van der Waals surface area contributed by atoms with E-state index in [-0.39, 0.29) is 0 Å². The van der Waals surface area contributed by atoms with Gasteiger partial charge in [0.25, 0.3) is 0 Å². The molecule has 0 spiro atoms. The lowest BCUT2D eigenvalue weighted by molar-refractivity contribution is 0.305. The maximum Gasteiger partial charge on any atom is 0.140 e. The van der Waals surface area contributed by atoms with Crippen LogP contribution in [0.2, 0.25) is 0 Å². The van der Waals surface area contributed by atoms with Gasteiger partial charge in [0.2, 0.25) is 0 Å². The smallest absolute Gasteiger partial charge is 0.140 e. The van der Waals surface area contributed by atoms with Crippen molar-refractivity contribution in [2.75, 3.05) is 7.05 Å². The average Bonchev–Trinajstić information content (AvgIpc) is 2.70. The minimum absolute atomic E-state index is 0.540. The van der Waals surface area contributed by atoms with Gasteiger partial charge < -0.3 is 10.1 Å². The second-order valence-electron chi connectivity index (χ2n) is 4.25. The SMILES string of the molecule is CNCc1sc(COc2ccc(C)cc2)nc1C. The van der Waals surface area contributed by atoms with E-state index in [1.54, 1.807) is 11.3 Å². The van der Waals surface area contributed by atoms with Gasteiger partial charge in [-0.3, -0.25) is 0 Å². The highest BCUT2D eigenvalue weighted by atomic mass is 32.1. The van der Waals surface area contributed by atoms with Crippen molar-refractivity contribution < 1.29 is 4.74 Å². The Morgan fingerprint density at radius 1 is 1.22 bits per heavy atom. The third kappa shape index (κ3) is 3.31. The molecule has 0 saturated carbocycles. The van der Waals surface area contributed by atoms with Crippen LogP contribution in [0.25, 0.3) is 0 Å². The highest BCUT2D eigenvalue weighted by Crippen LogP contribution is 2.20. The van der Waals surface area contributed by atoms with E-state index in [0.717, 1.165) is 23.0 Å². The Labute approximate surface area is 112 Å². The van der Waals surface area contributed by atoms with Crippen molar-refractivity contribution >= 4 is 11.3 Å². The zero-order valence-corrected chi connectivity index (χ0v) is 11.8. The molecular weight excluding hydrogens is 244 g/mol. The number of rotatable bonds is 5. The molecule has 0 aliphatic rings. The molecule has 0 aliphatic heterocycles. The summed E-state index contributed by atoms with van der Waals surface area (Å²) in [6.07, 6.45) is 0. The fourth-order valence-electron chi connectivity index (χ4n) is 1.65. The van der Waals surface area contributed by atoms with E-state index in [1.165, 1.54) is 10.4 Å². The van der Waals surface area contributed by atoms with E-state index >= 15 is 0 Å². The number of ether oxygens (including phenoxy) is 1. The van der Waals surface area contributed by atoms with E-state index in [1.807, 2.05) is 26.1 Å². The van der Waals surface area contributed by atoms with Gasteiger partial charge >= 0.3 is 0 Å². The summed E-state index contributed by atoms with van der Waals surface area (Å²) in [6.45, 7) is 5.52. The molecule has 0 unspecified atom stereocenters. The van der Waals surface area contributed by atoms with Crippen LogP contribution in [0.5, 0.6) is 5.75 Å². The van der Waals surface area contributed by atoms with Gasteiger partial charge in [-0.2, -0.15) is 0 Å². The zero-order valence-electron chi connectivity index (χ0n) is 11.0. The Kier molecular flexibility index (Phi) is 4.33. The third-order valence-corrected chi connectivity index (χ3v) is 3.79. The van der Waals surface area contributed by atoms with E-state index < -0.39 is 0 Å². The van der Waals surface area contributed by atoms with E-state index in [4.69, 9.17) is 4.74 Å². The van der Waals surface area contributed by atoms with Crippen LogP contribution in [0.1, 0.15) is 21.1 Å². The molecule has 0 radical (unpaired) electrons. The van der Waals surface area contributed by atoms with Gasteiger partial charge in [0.05, 0.1) is 5.69 Å². The van der Waals surface area contributed by atoms with Crippen LogP contribution >= 0.6 is 11.3 Å². The maximum atomic E-state index is 5.72. The Morgan fingerprint density at radius 3 is 2.61 bits per heavy atom. The number of nitrogens with one attached hydrogen (secondary N) is 1. The monoisotopic (exact) mass is 262 g/mol. The molecule has 0 bridgehead atoms. The number of thiazole rings is 1. The molecule has 0 aliphatic carbocycles. The van der Waals surface area contributed by atoms with Crippen LogP contribution in [0.15, 0.2) is 24.3 Å². The second kappa shape index (κ2) is 5.98. The molecule has 1 heterocycles. The first-order valence-corrected chi connectivity index (χ1v) is 6.80. The quantitative estimate of drug-likeness (QED) is 0.899. The summed E-state index contributed by atoms with van der Waals surface area (Å²) in [5, 5.41) is 4.17. The maximum absolute atomic E-state index is 5.72. The summed E-state index contributed by atoms with van der Waals surface area (Å²) in [5.74, 6) is 0.892. The van der Waals surface area contributed by atoms with Crippen LogP contribution in [-0.2, 0) is 13.2 Å². The van der Waals surface area contributed by atoms with E-state index in [9.17, 15) is 0 Å². The molecule has 1 aromatic heterocycles. The lowest BCUT2D eigenvalue weighted by atomic mass is 10.2. The minimum Gasteiger partial charge on any atom is -0.486 e. The van der Waals surface area contributed by atoms with Gasteiger partial charge in [-0.25, -0.2) is 4.98 Å². The molecule has 0 saturated heterocycles. The normalized spacial score (nSPS) is 10.6. The average molecular weight is 262 g/mol. The highest BCUT2D eigenvalue weighted by molar-refractivity contribution is 7.11. The van der Waals surface area contributed by atoms with Crippen molar-refractivity contribution in [3.63, 3.8) is 0 Å². The number of aromatic nitrogens is 1. The topological polar surface area (TPSA) is 34.1 Å². The number of nitrogens with zero attached hydrogens (tertiary/aromatic N) is 1. The van der Waals surface area contributed by atoms with Crippen molar-refractivity contribution in [3.8, 4) is 5.75 Å². The second-order valence-corrected chi connectivity index (χ2v) is 5.42. The molecule has 18 heavy (non-hydrogen) atoms. The summed E-state index contributed by atoms with van der Waals surface area (Å²) in [4.78, 5) is 5.79. The molecule has 3 nitrogen and oxygen atoms in total. The van der Waals surface area contributed by atoms with Gasteiger partial charge in [0.15, 0.2) is 0 Å². The number of aryl methyl sites for hydroxylation is 2. The first kappa shape index (κ1) is 13.1. The molecular formula is C14H18N2OS. The van der Waals surface area contributed by atoms with Gasteiger partial charge in [-0.15, -0.1) is 11.3 Å². The summed E-state index contributed by atoms with van der Waals surface area (Å²) >= 11 is 1.71. The number of hydrogen-bond donors (Lipinski definition) is 1. The summed E-state index contributed by atoms with van der Waals surface area (Å²) in [7, 11) is 1.95. The number of benzene rings is 1. The molecule has 2 rings (SSSR count). The van der Waals surface area contributed by atoms with Crippen molar-refractivity contribution in [3.05, 3.63) is 45.4 Å². The lowest BCUT2D eigenvalue weighted by Crippen LogP contribution is -2.04. The molecule has 1 N–H and O–H groups in total. The van der Waals surface area contributed by atoms with Gasteiger partial charge in [-0.1, -0.05) is 17.7 Å². The van der Waals surface area contributed by atoms with Crippen molar-refractivity contribution in [2.45, 2.75) is 27.0 Å². The van der Waals surface area contributed by atoms with Gasteiger partial charge in [0.1, 0.15) is 17.4 Å². The Bertz CT molecular complexity index is 505. The molecule has 96 valence electrons. The highest BCUT2D eigenvalue weighted by Gasteiger charge is 2.07. The first-order valence-electron chi connectivity index (χ1n) is 5.98. The van der Waals surface area contributed by atoms with Crippen LogP contribution in [0, 0.1) is 13.8 Å². The van der Waals surface area contributed by atoms with Gasteiger partial charge in [0, 0.05) is 11.4 Å². The Balaban J connectivity index is 1.97. The molecule has 0 fully saturated rings. The fraction of sp³-hybridized carbons (Fsp3) is 0.357. The fourth-order valence-corrected chi connectivity index (χ4v) is 2.65. The van der Waals surface area contributed by atoms with E-state index in [0.29, 0.717) is 6.61 Å². The van der Waals surface area contributed by atoms with Crippen molar-refractivity contribution in [1.82, 2.24) is 10.3 Å². The largest absolute Gasteiger partial charge is 0.486 e. The third-order valence-electron chi connectivity index (χ3n) is 2.66. The van der Waals surface area contributed by atoms with Crippen molar-refractivity contribution in [2.24, 2.45) is 0 Å². The van der Waals surface area contributed by atoms with Crippen LogP contribution in [0.4, 0.5) is 0 Å². The predicted octanol–water partition coefficient (Wildman–Crippen LogP) is 3.06. The van der Waals surface area contributed by atoms with E-state index in [2.05, 4.69) is 29.4 Å². The summed E-state index contributed by atoms with van der Waals surface area (Å²) in [6, 6.07) is 8.08. The van der Waals surface area contributed by atoms with Gasteiger partial charge in [-0.05, 0) is 33.0 Å². The lowest BCUT2D eigenvalue weighted by Gasteiger charge is -2.03. The molecule has 2 aromatic rings. The first-order chi connectivity index (χ1) is 8.69. The van der Waals surface area contributed by atoms with Crippen LogP contribution in [-0.4, -0.2) is 12.0 Å². The summed E-state index contributed by atoms with van der Waals surface area (Å²) < 4.78 is 5.72. The Hall–Kier alpha value is -1.39.